The Labute approximate surface area is 106 Å². The lowest BCUT2D eigenvalue weighted by Gasteiger charge is -2.18. The molecular weight excluding hydrogens is 232 g/mol. The van der Waals surface area contributed by atoms with Crippen LogP contribution in [0.4, 0.5) is 10.5 Å². The number of nitrogens with zero attached hydrogens (tertiary/aromatic N) is 2. The first-order chi connectivity index (χ1) is 8.77. The summed E-state index contributed by atoms with van der Waals surface area (Å²) >= 11 is 0. The SMILES string of the molecule is C#CC1CN(c2ccccc2)C(=O)N1OCOC. The van der Waals surface area contributed by atoms with Crippen LogP contribution in [0.5, 0.6) is 0 Å². The van der Waals surface area contributed by atoms with Crippen molar-refractivity contribution in [3.63, 3.8) is 0 Å². The third-order valence-electron chi connectivity index (χ3n) is 2.63. The van der Waals surface area contributed by atoms with Gasteiger partial charge in [-0.1, -0.05) is 24.1 Å². The van der Waals surface area contributed by atoms with E-state index in [0.717, 1.165) is 5.69 Å². The predicted octanol–water partition coefficient (Wildman–Crippen LogP) is 1.47. The van der Waals surface area contributed by atoms with E-state index in [1.165, 1.54) is 12.2 Å². The van der Waals surface area contributed by atoms with E-state index in [2.05, 4.69) is 5.92 Å². The minimum atomic E-state index is -0.409. The van der Waals surface area contributed by atoms with Crippen LogP contribution < -0.4 is 4.90 Å². The number of urea groups is 1. The molecule has 94 valence electrons. The fourth-order valence-corrected chi connectivity index (χ4v) is 1.78. The van der Waals surface area contributed by atoms with E-state index >= 15 is 0 Å². The molecule has 1 atom stereocenters. The molecule has 5 heteroatoms. The van der Waals surface area contributed by atoms with Crippen LogP contribution in [-0.4, -0.2) is 37.6 Å². The number of anilines is 1. The smallest absolute Gasteiger partial charge is 0.349 e. The molecule has 1 saturated heterocycles. The lowest BCUT2D eigenvalue weighted by Crippen LogP contribution is -2.35. The van der Waals surface area contributed by atoms with E-state index in [4.69, 9.17) is 16.0 Å². The summed E-state index contributed by atoms with van der Waals surface area (Å²) < 4.78 is 4.78. The lowest BCUT2D eigenvalue weighted by molar-refractivity contribution is -0.185. The van der Waals surface area contributed by atoms with Crippen LogP contribution in [0.25, 0.3) is 0 Å². The highest BCUT2D eigenvalue weighted by atomic mass is 16.8. The maximum absolute atomic E-state index is 12.2. The monoisotopic (exact) mass is 246 g/mol. The van der Waals surface area contributed by atoms with Gasteiger partial charge < -0.3 is 4.74 Å². The Bertz CT molecular complexity index is 455. The average Bonchev–Trinajstić information content (AvgIpc) is 2.74. The van der Waals surface area contributed by atoms with Crippen molar-refractivity contribution in [2.45, 2.75) is 6.04 Å². The van der Waals surface area contributed by atoms with E-state index in [-0.39, 0.29) is 12.8 Å². The Balaban J connectivity index is 2.17. The quantitative estimate of drug-likeness (QED) is 0.596. The molecular formula is C13H14N2O3. The van der Waals surface area contributed by atoms with E-state index < -0.39 is 6.04 Å². The van der Waals surface area contributed by atoms with Crippen LogP contribution in [0.2, 0.25) is 0 Å². The van der Waals surface area contributed by atoms with E-state index in [9.17, 15) is 4.79 Å². The molecule has 1 aliphatic rings. The molecule has 2 amide bonds. The van der Waals surface area contributed by atoms with Crippen LogP contribution in [0.15, 0.2) is 30.3 Å². The van der Waals surface area contributed by atoms with Crippen molar-refractivity contribution in [1.82, 2.24) is 5.06 Å². The van der Waals surface area contributed by atoms with Gasteiger partial charge in [-0.15, -0.1) is 6.42 Å². The van der Waals surface area contributed by atoms with Gasteiger partial charge in [0.1, 0.15) is 6.04 Å². The Morgan fingerprint density at radius 3 is 2.78 bits per heavy atom. The second-order valence-corrected chi connectivity index (χ2v) is 3.77. The molecule has 0 saturated carbocycles. The number of hydrogen-bond acceptors (Lipinski definition) is 3. The van der Waals surface area contributed by atoms with Crippen LogP contribution in [0.1, 0.15) is 0 Å². The lowest BCUT2D eigenvalue weighted by atomic mass is 10.3. The molecule has 1 heterocycles. The molecule has 0 aliphatic carbocycles. The molecule has 1 aliphatic heterocycles. The van der Waals surface area contributed by atoms with Crippen molar-refractivity contribution in [3.05, 3.63) is 30.3 Å². The topological polar surface area (TPSA) is 42.0 Å². The summed E-state index contributed by atoms with van der Waals surface area (Å²) in [6.45, 7) is 0.398. The van der Waals surface area contributed by atoms with Gasteiger partial charge in [-0.05, 0) is 12.1 Å². The molecule has 0 N–H and O–H groups in total. The highest BCUT2D eigenvalue weighted by Crippen LogP contribution is 2.23. The van der Waals surface area contributed by atoms with Crippen molar-refractivity contribution in [3.8, 4) is 12.3 Å². The maximum Gasteiger partial charge on any atom is 0.349 e. The molecule has 0 bridgehead atoms. The minimum absolute atomic E-state index is 0.00739. The largest absolute Gasteiger partial charge is 0.356 e. The molecule has 1 unspecified atom stereocenters. The Morgan fingerprint density at radius 2 is 2.17 bits per heavy atom. The Hall–Kier alpha value is -2.03. The first-order valence-electron chi connectivity index (χ1n) is 5.51. The van der Waals surface area contributed by atoms with Gasteiger partial charge in [0.2, 0.25) is 0 Å². The number of carbonyl (C=O) groups excluding carboxylic acids is 1. The number of hydrogen-bond donors (Lipinski definition) is 0. The molecule has 5 nitrogen and oxygen atoms in total. The summed E-state index contributed by atoms with van der Waals surface area (Å²) in [5.74, 6) is 2.54. The molecule has 18 heavy (non-hydrogen) atoms. The maximum atomic E-state index is 12.2. The molecule has 1 aromatic carbocycles. The fourth-order valence-electron chi connectivity index (χ4n) is 1.78. The number of hydroxylamine groups is 2. The number of terminal acetylenes is 1. The van der Waals surface area contributed by atoms with Gasteiger partial charge in [0, 0.05) is 12.8 Å². The first-order valence-corrected chi connectivity index (χ1v) is 5.51. The number of ether oxygens (including phenoxy) is 1. The molecule has 1 aromatic rings. The molecule has 1 fully saturated rings. The van der Waals surface area contributed by atoms with Crippen LogP contribution in [0, 0.1) is 12.3 Å². The van der Waals surface area contributed by atoms with Crippen LogP contribution >= 0.6 is 0 Å². The van der Waals surface area contributed by atoms with Crippen molar-refractivity contribution >= 4 is 11.7 Å². The standard InChI is InChI=1S/C13H14N2O3/c1-3-11-9-14(12-7-5-4-6-8-12)13(16)15(11)18-10-17-2/h1,4-8,11H,9-10H2,2H3. The van der Waals surface area contributed by atoms with E-state index in [1.54, 1.807) is 4.90 Å². The van der Waals surface area contributed by atoms with Crippen molar-refractivity contribution in [2.24, 2.45) is 0 Å². The van der Waals surface area contributed by atoms with Gasteiger partial charge in [-0.25, -0.2) is 9.63 Å². The molecule has 0 aromatic heterocycles. The summed E-state index contributed by atoms with van der Waals surface area (Å²) in [7, 11) is 1.49. The van der Waals surface area contributed by atoms with Gasteiger partial charge in [0.15, 0.2) is 6.79 Å². The van der Waals surface area contributed by atoms with Gasteiger partial charge >= 0.3 is 6.03 Å². The number of amides is 2. The second-order valence-electron chi connectivity index (χ2n) is 3.77. The minimum Gasteiger partial charge on any atom is -0.356 e. The van der Waals surface area contributed by atoms with Crippen molar-refractivity contribution in [1.29, 1.82) is 0 Å². The highest BCUT2D eigenvalue weighted by molar-refractivity contribution is 5.94. The Morgan fingerprint density at radius 1 is 1.44 bits per heavy atom. The first kappa shape index (κ1) is 12.4. The summed E-state index contributed by atoms with van der Waals surface area (Å²) in [6.07, 6.45) is 5.41. The fraction of sp³-hybridized carbons (Fsp3) is 0.308. The number of carbonyl (C=O) groups is 1. The number of benzene rings is 1. The zero-order chi connectivity index (χ0) is 13.0. The van der Waals surface area contributed by atoms with Crippen LogP contribution in [-0.2, 0) is 9.57 Å². The number of para-hydroxylation sites is 1. The summed E-state index contributed by atoms with van der Waals surface area (Å²) in [5.41, 5.74) is 0.797. The Kier molecular flexibility index (Phi) is 3.82. The third-order valence-corrected chi connectivity index (χ3v) is 2.63. The van der Waals surface area contributed by atoms with E-state index in [1.807, 2.05) is 30.3 Å². The normalized spacial score (nSPS) is 19.1. The molecule has 0 radical (unpaired) electrons. The van der Waals surface area contributed by atoms with Gasteiger partial charge in [-0.3, -0.25) is 4.90 Å². The predicted molar refractivity (Wildman–Crippen MR) is 66.6 cm³/mol. The summed E-state index contributed by atoms with van der Waals surface area (Å²) in [4.78, 5) is 18.9. The zero-order valence-corrected chi connectivity index (χ0v) is 10.1. The number of methoxy groups -OCH3 is 1. The third kappa shape index (κ3) is 2.30. The van der Waals surface area contributed by atoms with Crippen molar-refractivity contribution in [2.75, 3.05) is 25.3 Å². The second kappa shape index (κ2) is 5.54. The van der Waals surface area contributed by atoms with Crippen molar-refractivity contribution < 1.29 is 14.4 Å². The van der Waals surface area contributed by atoms with Crippen LogP contribution in [0.3, 0.4) is 0 Å². The van der Waals surface area contributed by atoms with Gasteiger partial charge in [0.05, 0.1) is 6.54 Å². The summed E-state index contributed by atoms with van der Waals surface area (Å²) in [6, 6.07) is 8.64. The zero-order valence-electron chi connectivity index (χ0n) is 10.1. The molecule has 0 spiro atoms. The highest BCUT2D eigenvalue weighted by Gasteiger charge is 2.38. The summed E-state index contributed by atoms with van der Waals surface area (Å²) in [5, 5.41) is 1.18. The van der Waals surface area contributed by atoms with Gasteiger partial charge in [-0.2, -0.15) is 5.06 Å². The number of rotatable bonds is 4. The van der Waals surface area contributed by atoms with E-state index in [0.29, 0.717) is 6.54 Å². The molecule has 2 rings (SSSR count). The van der Waals surface area contributed by atoms with Gasteiger partial charge in [0.25, 0.3) is 0 Å². The average molecular weight is 246 g/mol.